The van der Waals surface area contributed by atoms with Crippen LogP contribution in [0, 0.1) is 0 Å². The molecule has 0 aliphatic carbocycles. The molecular formula is C13H17ClN2O3. The molecule has 5 nitrogen and oxygen atoms in total. The highest BCUT2D eigenvalue weighted by Crippen LogP contribution is 2.09. The quantitative estimate of drug-likeness (QED) is 0.717. The van der Waals surface area contributed by atoms with Crippen LogP contribution in [-0.4, -0.2) is 29.1 Å². The van der Waals surface area contributed by atoms with E-state index in [1.165, 1.54) is 0 Å². The Hall–Kier alpha value is -1.59. The van der Waals surface area contributed by atoms with Crippen LogP contribution in [0.25, 0.3) is 0 Å². The molecule has 0 atom stereocenters. The van der Waals surface area contributed by atoms with Gasteiger partial charge in [-0.05, 0) is 31.5 Å². The van der Waals surface area contributed by atoms with Crippen molar-refractivity contribution in [3.8, 4) is 0 Å². The van der Waals surface area contributed by atoms with Crippen LogP contribution in [0.5, 0.6) is 0 Å². The van der Waals surface area contributed by atoms with Crippen molar-refractivity contribution in [2.75, 3.05) is 6.61 Å². The molecule has 0 saturated heterocycles. The van der Waals surface area contributed by atoms with E-state index >= 15 is 0 Å². The van der Waals surface area contributed by atoms with Crippen LogP contribution in [0.2, 0.25) is 5.02 Å². The SMILES string of the molecule is CC(C)(CO)NC(=O)C(=O)NCc1ccc(Cl)cc1. The molecule has 0 saturated carbocycles. The first kappa shape index (κ1) is 15.5. The molecule has 1 rings (SSSR count). The fraction of sp³-hybridized carbons (Fsp3) is 0.385. The topological polar surface area (TPSA) is 78.4 Å². The normalized spacial score (nSPS) is 10.9. The van der Waals surface area contributed by atoms with E-state index < -0.39 is 17.4 Å². The lowest BCUT2D eigenvalue weighted by atomic mass is 10.1. The van der Waals surface area contributed by atoms with Gasteiger partial charge < -0.3 is 15.7 Å². The maximum atomic E-state index is 11.5. The molecular weight excluding hydrogens is 268 g/mol. The Morgan fingerprint density at radius 2 is 1.79 bits per heavy atom. The number of carbonyl (C=O) groups is 2. The van der Waals surface area contributed by atoms with Crippen molar-refractivity contribution >= 4 is 23.4 Å². The molecule has 0 aromatic heterocycles. The summed E-state index contributed by atoms with van der Waals surface area (Å²) in [5.74, 6) is -1.51. The zero-order valence-electron chi connectivity index (χ0n) is 10.9. The molecule has 0 heterocycles. The van der Waals surface area contributed by atoms with E-state index in [4.69, 9.17) is 16.7 Å². The van der Waals surface area contributed by atoms with Crippen molar-refractivity contribution in [1.82, 2.24) is 10.6 Å². The third-order valence-electron chi connectivity index (χ3n) is 2.42. The number of hydrogen-bond donors (Lipinski definition) is 3. The maximum absolute atomic E-state index is 11.5. The van der Waals surface area contributed by atoms with Gasteiger partial charge in [-0.3, -0.25) is 9.59 Å². The van der Waals surface area contributed by atoms with Crippen LogP contribution in [0.15, 0.2) is 24.3 Å². The van der Waals surface area contributed by atoms with E-state index in [0.717, 1.165) is 5.56 Å². The number of aliphatic hydroxyl groups is 1. The fourth-order valence-corrected chi connectivity index (χ4v) is 1.39. The van der Waals surface area contributed by atoms with Crippen LogP contribution in [-0.2, 0) is 16.1 Å². The van der Waals surface area contributed by atoms with Crippen molar-refractivity contribution in [1.29, 1.82) is 0 Å². The highest BCUT2D eigenvalue weighted by Gasteiger charge is 2.23. The highest BCUT2D eigenvalue weighted by molar-refractivity contribution is 6.35. The van der Waals surface area contributed by atoms with Crippen LogP contribution >= 0.6 is 11.6 Å². The molecule has 104 valence electrons. The standard InChI is InChI=1S/C13H17ClN2O3/c1-13(2,8-17)16-12(19)11(18)15-7-9-3-5-10(14)6-4-9/h3-6,17H,7-8H2,1-2H3,(H,15,18)(H,16,19). The largest absolute Gasteiger partial charge is 0.394 e. The predicted octanol–water partition coefficient (Wildman–Crippen LogP) is 0.843. The molecule has 0 unspecified atom stereocenters. The number of carbonyl (C=O) groups excluding carboxylic acids is 2. The van der Waals surface area contributed by atoms with E-state index in [0.29, 0.717) is 5.02 Å². The summed E-state index contributed by atoms with van der Waals surface area (Å²) in [5.41, 5.74) is 0.0151. The van der Waals surface area contributed by atoms with E-state index in [1.54, 1.807) is 38.1 Å². The number of halogens is 1. The third kappa shape index (κ3) is 5.28. The van der Waals surface area contributed by atoms with Gasteiger partial charge in [-0.2, -0.15) is 0 Å². The van der Waals surface area contributed by atoms with E-state index in [-0.39, 0.29) is 13.2 Å². The molecule has 0 fully saturated rings. The average molecular weight is 285 g/mol. The van der Waals surface area contributed by atoms with E-state index in [1.807, 2.05) is 0 Å². The Morgan fingerprint density at radius 1 is 1.21 bits per heavy atom. The lowest BCUT2D eigenvalue weighted by Gasteiger charge is -2.22. The Bertz CT molecular complexity index is 457. The Kier molecular flexibility index (Phi) is 5.32. The summed E-state index contributed by atoms with van der Waals surface area (Å²) in [4.78, 5) is 23.1. The monoisotopic (exact) mass is 284 g/mol. The Balaban J connectivity index is 2.47. The summed E-state index contributed by atoms with van der Waals surface area (Å²) >= 11 is 5.74. The zero-order valence-corrected chi connectivity index (χ0v) is 11.6. The number of aliphatic hydroxyl groups excluding tert-OH is 1. The van der Waals surface area contributed by atoms with Crippen molar-refractivity contribution < 1.29 is 14.7 Å². The fourth-order valence-electron chi connectivity index (χ4n) is 1.27. The maximum Gasteiger partial charge on any atom is 0.309 e. The molecule has 2 amide bonds. The van der Waals surface area contributed by atoms with E-state index in [2.05, 4.69) is 10.6 Å². The first-order valence-corrected chi connectivity index (χ1v) is 6.17. The van der Waals surface area contributed by atoms with Gasteiger partial charge in [-0.15, -0.1) is 0 Å². The summed E-state index contributed by atoms with van der Waals surface area (Å²) in [5, 5.41) is 14.5. The minimum Gasteiger partial charge on any atom is -0.394 e. The molecule has 3 N–H and O–H groups in total. The second-order valence-electron chi connectivity index (χ2n) is 4.81. The van der Waals surface area contributed by atoms with Gasteiger partial charge in [0.05, 0.1) is 12.1 Å². The Labute approximate surface area is 117 Å². The van der Waals surface area contributed by atoms with Gasteiger partial charge in [0.15, 0.2) is 0 Å². The summed E-state index contributed by atoms with van der Waals surface area (Å²) in [6, 6.07) is 6.94. The van der Waals surface area contributed by atoms with Crippen molar-refractivity contribution in [2.24, 2.45) is 0 Å². The van der Waals surface area contributed by atoms with Gasteiger partial charge in [0.2, 0.25) is 0 Å². The van der Waals surface area contributed by atoms with Crippen LogP contribution in [0.3, 0.4) is 0 Å². The third-order valence-corrected chi connectivity index (χ3v) is 2.67. The Morgan fingerprint density at radius 3 is 2.32 bits per heavy atom. The summed E-state index contributed by atoms with van der Waals surface area (Å²) in [6.45, 7) is 3.24. The van der Waals surface area contributed by atoms with Crippen LogP contribution in [0.4, 0.5) is 0 Å². The lowest BCUT2D eigenvalue weighted by Crippen LogP contribution is -2.51. The van der Waals surface area contributed by atoms with Gasteiger partial charge in [-0.1, -0.05) is 23.7 Å². The van der Waals surface area contributed by atoms with Crippen LogP contribution < -0.4 is 10.6 Å². The number of hydrogen-bond acceptors (Lipinski definition) is 3. The van der Waals surface area contributed by atoms with Crippen molar-refractivity contribution in [2.45, 2.75) is 25.9 Å². The first-order chi connectivity index (χ1) is 8.84. The molecule has 0 aliphatic heterocycles. The first-order valence-electron chi connectivity index (χ1n) is 5.80. The molecule has 0 radical (unpaired) electrons. The smallest absolute Gasteiger partial charge is 0.309 e. The molecule has 19 heavy (non-hydrogen) atoms. The number of nitrogens with one attached hydrogen (secondary N) is 2. The molecule has 1 aromatic rings. The predicted molar refractivity (Wildman–Crippen MR) is 72.6 cm³/mol. The van der Waals surface area contributed by atoms with Gasteiger partial charge >= 0.3 is 11.8 Å². The molecule has 6 heteroatoms. The molecule has 1 aromatic carbocycles. The molecule has 0 aliphatic rings. The summed E-state index contributed by atoms with van der Waals surface area (Å²) in [6.07, 6.45) is 0. The van der Waals surface area contributed by atoms with Gasteiger partial charge in [0, 0.05) is 11.6 Å². The average Bonchev–Trinajstić information content (AvgIpc) is 2.37. The zero-order chi connectivity index (χ0) is 14.5. The summed E-state index contributed by atoms with van der Waals surface area (Å²) < 4.78 is 0. The van der Waals surface area contributed by atoms with Gasteiger partial charge in [0.1, 0.15) is 0 Å². The minimum absolute atomic E-state index is 0.239. The second-order valence-corrected chi connectivity index (χ2v) is 5.24. The molecule has 0 bridgehead atoms. The van der Waals surface area contributed by atoms with E-state index in [9.17, 15) is 9.59 Å². The second kappa shape index (κ2) is 6.54. The number of rotatable bonds is 4. The lowest BCUT2D eigenvalue weighted by molar-refractivity contribution is -0.140. The number of benzene rings is 1. The molecule has 0 spiro atoms. The van der Waals surface area contributed by atoms with Crippen LogP contribution in [0.1, 0.15) is 19.4 Å². The van der Waals surface area contributed by atoms with Crippen molar-refractivity contribution in [3.63, 3.8) is 0 Å². The minimum atomic E-state index is -0.825. The van der Waals surface area contributed by atoms with Crippen molar-refractivity contribution in [3.05, 3.63) is 34.9 Å². The number of amides is 2. The summed E-state index contributed by atoms with van der Waals surface area (Å²) in [7, 11) is 0. The van der Waals surface area contributed by atoms with Gasteiger partial charge in [-0.25, -0.2) is 0 Å². The highest BCUT2D eigenvalue weighted by atomic mass is 35.5. The van der Waals surface area contributed by atoms with Gasteiger partial charge in [0.25, 0.3) is 0 Å².